The smallest absolute Gasteiger partial charge is 0 e. The molecule has 0 bridgehead atoms. The number of rotatable bonds is 0. The van der Waals surface area contributed by atoms with E-state index in [1.165, 1.54) is 5.56 Å². The summed E-state index contributed by atoms with van der Waals surface area (Å²) in [6.07, 6.45) is 0. The van der Waals surface area contributed by atoms with Crippen molar-refractivity contribution in [3.63, 3.8) is 0 Å². The Balaban J connectivity index is -0.0000000204. The van der Waals surface area contributed by atoms with Gasteiger partial charge >= 0.3 is 0 Å². The van der Waals surface area contributed by atoms with E-state index in [1.807, 2.05) is 18.2 Å². The standard InChI is InChI=1S/C7H8.6Na/c1-7-5-3-2-4-6-7;;;;;;/h2-6H,1H3;;;;;;. The van der Waals surface area contributed by atoms with Crippen molar-refractivity contribution in [2.24, 2.45) is 0 Å². The summed E-state index contributed by atoms with van der Waals surface area (Å²) in [4.78, 5) is 0. The number of aryl methyl sites for hydroxylation is 1. The second kappa shape index (κ2) is 25.9. The zero-order chi connectivity index (χ0) is 5.11. The minimum atomic E-state index is 0. The molecule has 6 heteroatoms. The SMILES string of the molecule is Cc1ccccc1.[Na].[Na].[Na].[Na].[Na].[Na]. The summed E-state index contributed by atoms with van der Waals surface area (Å²) < 4.78 is 0. The molecule has 1 rings (SSSR count). The van der Waals surface area contributed by atoms with Crippen LogP contribution >= 0.6 is 0 Å². The Morgan fingerprint density at radius 2 is 0.923 bits per heavy atom. The maximum atomic E-state index is 2.08. The Kier molecular flexibility index (Phi) is 72.1. The van der Waals surface area contributed by atoms with Crippen molar-refractivity contribution in [3.05, 3.63) is 35.9 Å². The molecule has 0 amide bonds. The van der Waals surface area contributed by atoms with Crippen molar-refractivity contribution in [2.75, 3.05) is 0 Å². The molecule has 0 aromatic heterocycles. The monoisotopic (exact) mass is 230 g/mol. The van der Waals surface area contributed by atoms with Crippen molar-refractivity contribution in [1.29, 1.82) is 0 Å². The first-order valence-electron chi connectivity index (χ1n) is 2.41. The Morgan fingerprint density at radius 1 is 0.615 bits per heavy atom. The van der Waals surface area contributed by atoms with Crippen LogP contribution in [0.5, 0.6) is 0 Å². The van der Waals surface area contributed by atoms with Gasteiger partial charge in [0.1, 0.15) is 0 Å². The van der Waals surface area contributed by atoms with Gasteiger partial charge in [0, 0.05) is 177 Å². The van der Waals surface area contributed by atoms with Crippen LogP contribution in [0.15, 0.2) is 30.3 Å². The summed E-state index contributed by atoms with van der Waals surface area (Å²) >= 11 is 0. The van der Waals surface area contributed by atoms with E-state index in [0.717, 1.165) is 0 Å². The first kappa shape index (κ1) is 36.2. The molecule has 42 valence electrons. The minimum absolute atomic E-state index is 0. The molecule has 0 atom stereocenters. The van der Waals surface area contributed by atoms with E-state index in [4.69, 9.17) is 0 Å². The Labute approximate surface area is 214 Å². The molecule has 0 aliphatic rings. The second-order valence-corrected chi connectivity index (χ2v) is 1.65. The van der Waals surface area contributed by atoms with Gasteiger partial charge in [0.25, 0.3) is 0 Å². The third kappa shape index (κ3) is 22.8. The molecule has 0 fully saturated rings. The number of benzene rings is 1. The van der Waals surface area contributed by atoms with Crippen LogP contribution in [0.1, 0.15) is 5.56 Å². The predicted octanol–water partition coefficient (Wildman–Crippen LogP) is -0.290. The van der Waals surface area contributed by atoms with Crippen molar-refractivity contribution in [3.8, 4) is 0 Å². The van der Waals surface area contributed by atoms with Crippen LogP contribution in [0.2, 0.25) is 0 Å². The normalized spacial score (nSPS) is 4.69. The van der Waals surface area contributed by atoms with E-state index < -0.39 is 0 Å². The number of hydrogen-bond acceptors (Lipinski definition) is 0. The van der Waals surface area contributed by atoms with Crippen LogP contribution in [0.25, 0.3) is 0 Å². The molecule has 0 N–H and O–H groups in total. The van der Waals surface area contributed by atoms with Crippen molar-refractivity contribution in [1.82, 2.24) is 0 Å². The van der Waals surface area contributed by atoms with E-state index in [0.29, 0.717) is 0 Å². The van der Waals surface area contributed by atoms with Gasteiger partial charge in [-0.3, -0.25) is 0 Å². The third-order valence-electron chi connectivity index (χ3n) is 0.940. The first-order valence-corrected chi connectivity index (χ1v) is 2.41. The molecule has 0 heterocycles. The Bertz CT molecular complexity index is 143. The molecule has 6 radical (unpaired) electrons. The van der Waals surface area contributed by atoms with E-state index in [-0.39, 0.29) is 177 Å². The van der Waals surface area contributed by atoms with Gasteiger partial charge in [-0.05, 0) is 6.92 Å². The summed E-state index contributed by atoms with van der Waals surface area (Å²) in [5.74, 6) is 0. The average molecular weight is 230 g/mol. The van der Waals surface area contributed by atoms with Gasteiger partial charge in [0.15, 0.2) is 0 Å². The molecule has 1 aromatic carbocycles. The van der Waals surface area contributed by atoms with E-state index >= 15 is 0 Å². The topological polar surface area (TPSA) is 0 Å². The molecule has 1 aromatic rings. The fourth-order valence-electron chi connectivity index (χ4n) is 0.534. The minimum Gasteiger partial charge on any atom is -0.0622 e. The van der Waals surface area contributed by atoms with Crippen LogP contribution < -0.4 is 0 Å². The zero-order valence-corrected chi connectivity index (χ0v) is 22.4. The summed E-state index contributed by atoms with van der Waals surface area (Å²) in [6, 6.07) is 10.3. The van der Waals surface area contributed by atoms with Crippen LogP contribution in [0.3, 0.4) is 0 Å². The van der Waals surface area contributed by atoms with Gasteiger partial charge in [0.2, 0.25) is 0 Å². The molecule has 0 saturated carbocycles. The Hall–Kier alpha value is 5.22. The van der Waals surface area contributed by atoms with Crippen LogP contribution in [0.4, 0.5) is 0 Å². The van der Waals surface area contributed by atoms with Crippen molar-refractivity contribution < 1.29 is 0 Å². The summed E-state index contributed by atoms with van der Waals surface area (Å²) in [6.45, 7) is 2.08. The maximum Gasteiger partial charge on any atom is 0 e. The molecular weight excluding hydrogens is 222 g/mol. The molecule has 0 aliphatic carbocycles. The molecular formula is C7H8Na6. The largest absolute Gasteiger partial charge is 0.0622 e. The predicted molar refractivity (Wildman–Crippen MR) is 65.7 cm³/mol. The molecule has 0 saturated heterocycles. The second-order valence-electron chi connectivity index (χ2n) is 1.65. The van der Waals surface area contributed by atoms with Gasteiger partial charge in [-0.1, -0.05) is 35.9 Å². The summed E-state index contributed by atoms with van der Waals surface area (Å²) in [7, 11) is 0. The quantitative estimate of drug-likeness (QED) is 0.537. The zero-order valence-electron chi connectivity index (χ0n) is 10.4. The van der Waals surface area contributed by atoms with Crippen LogP contribution in [-0.4, -0.2) is 177 Å². The summed E-state index contributed by atoms with van der Waals surface area (Å²) in [5.41, 5.74) is 1.32. The fourth-order valence-corrected chi connectivity index (χ4v) is 0.534. The van der Waals surface area contributed by atoms with Gasteiger partial charge in [-0.15, -0.1) is 0 Å². The van der Waals surface area contributed by atoms with E-state index in [9.17, 15) is 0 Å². The molecule has 0 unspecified atom stereocenters. The van der Waals surface area contributed by atoms with Gasteiger partial charge in [0.05, 0.1) is 0 Å². The molecule has 0 nitrogen and oxygen atoms in total. The molecule has 0 spiro atoms. The van der Waals surface area contributed by atoms with Gasteiger partial charge in [-0.2, -0.15) is 0 Å². The van der Waals surface area contributed by atoms with E-state index in [1.54, 1.807) is 0 Å². The number of hydrogen-bond donors (Lipinski definition) is 0. The van der Waals surface area contributed by atoms with Crippen LogP contribution in [-0.2, 0) is 0 Å². The van der Waals surface area contributed by atoms with E-state index in [2.05, 4.69) is 19.1 Å². The maximum absolute atomic E-state index is 2.08. The van der Waals surface area contributed by atoms with Crippen LogP contribution in [0, 0.1) is 6.92 Å². The Morgan fingerprint density at radius 3 is 1.08 bits per heavy atom. The van der Waals surface area contributed by atoms with Gasteiger partial charge < -0.3 is 0 Å². The van der Waals surface area contributed by atoms with Gasteiger partial charge in [-0.25, -0.2) is 0 Å². The molecule has 13 heavy (non-hydrogen) atoms. The third-order valence-corrected chi connectivity index (χ3v) is 0.940. The first-order chi connectivity index (χ1) is 3.39. The average Bonchev–Trinajstić information content (AvgIpc) is 1.69. The van der Waals surface area contributed by atoms with Crippen molar-refractivity contribution >= 4 is 177 Å². The molecule has 0 aliphatic heterocycles. The fraction of sp³-hybridized carbons (Fsp3) is 0.143. The van der Waals surface area contributed by atoms with Crippen molar-refractivity contribution in [2.45, 2.75) is 6.92 Å². The summed E-state index contributed by atoms with van der Waals surface area (Å²) in [5, 5.41) is 0.